The second kappa shape index (κ2) is 3.87. The highest BCUT2D eigenvalue weighted by Crippen LogP contribution is 2.25. The zero-order valence-electron chi connectivity index (χ0n) is 8.87. The van der Waals surface area contributed by atoms with E-state index in [1.165, 1.54) is 6.07 Å². The summed E-state index contributed by atoms with van der Waals surface area (Å²) in [5, 5.41) is 0. The van der Waals surface area contributed by atoms with Gasteiger partial charge in [0.2, 0.25) is 0 Å². The van der Waals surface area contributed by atoms with E-state index in [2.05, 4.69) is 9.97 Å². The van der Waals surface area contributed by atoms with Crippen molar-refractivity contribution in [1.82, 2.24) is 9.97 Å². The van der Waals surface area contributed by atoms with Crippen LogP contribution < -0.4 is 0 Å². The number of nitrogens with zero attached hydrogens (tertiary/aromatic N) is 1. The SMILES string of the molecule is Fc1cccc2[nH]c(C3CCCOC3)nc12. The van der Waals surface area contributed by atoms with Crippen molar-refractivity contribution in [2.75, 3.05) is 13.2 Å². The lowest BCUT2D eigenvalue weighted by Gasteiger charge is -2.19. The third kappa shape index (κ3) is 1.59. The standard InChI is InChI=1S/C12H13FN2O/c13-9-4-1-5-10-11(9)15-12(14-10)8-3-2-6-16-7-8/h1,4-5,8H,2-3,6-7H2,(H,14,15). The van der Waals surface area contributed by atoms with Gasteiger partial charge in [0, 0.05) is 12.5 Å². The van der Waals surface area contributed by atoms with E-state index in [1.54, 1.807) is 6.07 Å². The maximum absolute atomic E-state index is 13.5. The van der Waals surface area contributed by atoms with Gasteiger partial charge < -0.3 is 9.72 Å². The van der Waals surface area contributed by atoms with Gasteiger partial charge in [0.25, 0.3) is 0 Å². The quantitative estimate of drug-likeness (QED) is 0.802. The lowest BCUT2D eigenvalue weighted by molar-refractivity contribution is 0.0784. The zero-order valence-corrected chi connectivity index (χ0v) is 8.87. The van der Waals surface area contributed by atoms with Crippen molar-refractivity contribution >= 4 is 11.0 Å². The molecule has 0 radical (unpaired) electrons. The van der Waals surface area contributed by atoms with E-state index < -0.39 is 0 Å². The van der Waals surface area contributed by atoms with E-state index in [1.807, 2.05) is 6.07 Å². The van der Waals surface area contributed by atoms with Crippen LogP contribution in [0.2, 0.25) is 0 Å². The summed E-state index contributed by atoms with van der Waals surface area (Å²) < 4.78 is 18.9. The number of ether oxygens (including phenoxy) is 1. The van der Waals surface area contributed by atoms with Crippen LogP contribution in [0.3, 0.4) is 0 Å². The molecule has 0 bridgehead atoms. The Morgan fingerprint density at radius 3 is 3.12 bits per heavy atom. The molecule has 3 rings (SSSR count). The molecular weight excluding hydrogens is 207 g/mol. The normalized spacial score (nSPS) is 21.4. The molecule has 1 aliphatic rings. The van der Waals surface area contributed by atoms with Gasteiger partial charge in [-0.1, -0.05) is 6.07 Å². The van der Waals surface area contributed by atoms with Crippen LogP contribution in [0.1, 0.15) is 24.6 Å². The Balaban J connectivity index is 2.01. The lowest BCUT2D eigenvalue weighted by Crippen LogP contribution is -2.16. The molecule has 84 valence electrons. The summed E-state index contributed by atoms with van der Waals surface area (Å²) in [6.45, 7) is 1.51. The average Bonchev–Trinajstić information content (AvgIpc) is 2.76. The van der Waals surface area contributed by atoms with Crippen molar-refractivity contribution < 1.29 is 9.13 Å². The number of H-pyrrole nitrogens is 1. The number of hydrogen-bond acceptors (Lipinski definition) is 2. The van der Waals surface area contributed by atoms with Crippen molar-refractivity contribution in [3.05, 3.63) is 29.8 Å². The van der Waals surface area contributed by atoms with E-state index in [0.717, 1.165) is 30.8 Å². The average molecular weight is 220 g/mol. The number of benzene rings is 1. The van der Waals surface area contributed by atoms with Crippen LogP contribution in [0, 0.1) is 5.82 Å². The van der Waals surface area contributed by atoms with Crippen LogP contribution in [0.5, 0.6) is 0 Å². The second-order valence-electron chi connectivity index (χ2n) is 4.17. The minimum Gasteiger partial charge on any atom is -0.381 e. The first-order chi connectivity index (χ1) is 7.84. The highest BCUT2D eigenvalue weighted by atomic mass is 19.1. The molecule has 1 aliphatic heterocycles. The third-order valence-electron chi connectivity index (χ3n) is 3.03. The minimum atomic E-state index is -0.267. The Hall–Kier alpha value is -1.42. The molecule has 1 unspecified atom stereocenters. The van der Waals surface area contributed by atoms with Crippen LogP contribution in [0.25, 0.3) is 11.0 Å². The number of imidazole rings is 1. The van der Waals surface area contributed by atoms with Gasteiger partial charge in [-0.2, -0.15) is 0 Å². The van der Waals surface area contributed by atoms with Crippen molar-refractivity contribution in [2.45, 2.75) is 18.8 Å². The smallest absolute Gasteiger partial charge is 0.151 e. The van der Waals surface area contributed by atoms with Gasteiger partial charge in [0.1, 0.15) is 11.3 Å². The van der Waals surface area contributed by atoms with E-state index in [0.29, 0.717) is 12.1 Å². The maximum atomic E-state index is 13.5. The first kappa shape index (κ1) is 9.78. The topological polar surface area (TPSA) is 37.9 Å². The molecule has 16 heavy (non-hydrogen) atoms. The summed E-state index contributed by atoms with van der Waals surface area (Å²) in [7, 11) is 0. The van der Waals surface area contributed by atoms with Crippen LogP contribution >= 0.6 is 0 Å². The number of aromatic amines is 1. The van der Waals surface area contributed by atoms with Crippen molar-refractivity contribution in [2.24, 2.45) is 0 Å². The summed E-state index contributed by atoms with van der Waals surface area (Å²) in [6, 6.07) is 4.97. The molecule has 2 heterocycles. The Kier molecular flexibility index (Phi) is 2.36. The van der Waals surface area contributed by atoms with Crippen molar-refractivity contribution in [3.8, 4) is 0 Å². The summed E-state index contributed by atoms with van der Waals surface area (Å²) in [5.41, 5.74) is 1.20. The Bertz CT molecular complexity index is 503. The van der Waals surface area contributed by atoms with E-state index >= 15 is 0 Å². The van der Waals surface area contributed by atoms with Crippen molar-refractivity contribution in [3.63, 3.8) is 0 Å². The summed E-state index contributed by atoms with van der Waals surface area (Å²) in [6.07, 6.45) is 2.10. The molecule has 1 fully saturated rings. The fourth-order valence-corrected chi connectivity index (χ4v) is 2.17. The molecule has 1 atom stereocenters. The Labute approximate surface area is 92.6 Å². The highest BCUT2D eigenvalue weighted by Gasteiger charge is 2.20. The largest absolute Gasteiger partial charge is 0.381 e. The first-order valence-electron chi connectivity index (χ1n) is 5.56. The minimum absolute atomic E-state index is 0.267. The molecule has 0 aliphatic carbocycles. The third-order valence-corrected chi connectivity index (χ3v) is 3.03. The Morgan fingerprint density at radius 2 is 2.38 bits per heavy atom. The van der Waals surface area contributed by atoms with Crippen LogP contribution in [-0.2, 0) is 4.74 Å². The fraction of sp³-hybridized carbons (Fsp3) is 0.417. The van der Waals surface area contributed by atoms with Crippen molar-refractivity contribution in [1.29, 1.82) is 0 Å². The monoisotopic (exact) mass is 220 g/mol. The van der Waals surface area contributed by atoms with Gasteiger partial charge in [-0.3, -0.25) is 0 Å². The highest BCUT2D eigenvalue weighted by molar-refractivity contribution is 5.75. The molecule has 1 saturated heterocycles. The van der Waals surface area contributed by atoms with Gasteiger partial charge in [-0.05, 0) is 25.0 Å². The summed E-state index contributed by atoms with van der Waals surface area (Å²) in [5.74, 6) is 0.858. The molecule has 1 aromatic heterocycles. The molecule has 0 amide bonds. The number of hydrogen-bond donors (Lipinski definition) is 1. The number of rotatable bonds is 1. The first-order valence-corrected chi connectivity index (χ1v) is 5.56. The lowest BCUT2D eigenvalue weighted by atomic mass is 10.0. The van der Waals surface area contributed by atoms with Gasteiger partial charge in [0.15, 0.2) is 5.82 Å². The van der Waals surface area contributed by atoms with E-state index in [4.69, 9.17) is 4.74 Å². The van der Waals surface area contributed by atoms with Gasteiger partial charge in [-0.25, -0.2) is 9.37 Å². The zero-order chi connectivity index (χ0) is 11.0. The molecule has 4 heteroatoms. The summed E-state index contributed by atoms with van der Waals surface area (Å²) in [4.78, 5) is 7.50. The predicted octanol–water partition coefficient (Wildman–Crippen LogP) is 2.60. The van der Waals surface area contributed by atoms with Gasteiger partial charge >= 0.3 is 0 Å². The number of nitrogens with one attached hydrogen (secondary N) is 1. The fourth-order valence-electron chi connectivity index (χ4n) is 2.17. The predicted molar refractivity (Wildman–Crippen MR) is 58.8 cm³/mol. The molecule has 3 nitrogen and oxygen atoms in total. The molecule has 1 aromatic carbocycles. The number of fused-ring (bicyclic) bond motifs is 1. The second-order valence-corrected chi connectivity index (χ2v) is 4.17. The van der Waals surface area contributed by atoms with E-state index in [9.17, 15) is 4.39 Å². The summed E-state index contributed by atoms with van der Waals surface area (Å²) >= 11 is 0. The molecule has 0 spiro atoms. The molecule has 1 N–H and O–H groups in total. The maximum Gasteiger partial charge on any atom is 0.151 e. The number of halogens is 1. The number of aromatic nitrogens is 2. The number of para-hydroxylation sites is 1. The van der Waals surface area contributed by atoms with E-state index in [-0.39, 0.29) is 11.7 Å². The molecular formula is C12H13FN2O. The van der Waals surface area contributed by atoms with Crippen LogP contribution in [0.4, 0.5) is 4.39 Å². The Morgan fingerprint density at radius 1 is 1.44 bits per heavy atom. The van der Waals surface area contributed by atoms with Crippen LogP contribution in [-0.4, -0.2) is 23.2 Å². The van der Waals surface area contributed by atoms with Gasteiger partial charge in [-0.15, -0.1) is 0 Å². The molecule has 0 saturated carbocycles. The molecule has 2 aromatic rings. The van der Waals surface area contributed by atoms with Crippen LogP contribution in [0.15, 0.2) is 18.2 Å². The van der Waals surface area contributed by atoms with Gasteiger partial charge in [0.05, 0.1) is 12.1 Å².